The van der Waals surface area contributed by atoms with Gasteiger partial charge in [-0.25, -0.2) is 0 Å². The van der Waals surface area contributed by atoms with Gasteiger partial charge in [0.05, 0.1) is 11.6 Å². The summed E-state index contributed by atoms with van der Waals surface area (Å²) < 4.78 is 29.4. The van der Waals surface area contributed by atoms with Crippen molar-refractivity contribution in [3.8, 4) is 0 Å². The Balaban J connectivity index is 2.06. The highest BCUT2D eigenvalue weighted by atomic mass is 35.5. The van der Waals surface area contributed by atoms with Crippen LogP contribution in [0.2, 0.25) is 10.0 Å². The second-order valence-electron chi connectivity index (χ2n) is 6.74. The topological polar surface area (TPSA) is 43.4 Å². The molecule has 0 N–H and O–H groups in total. The van der Waals surface area contributed by atoms with E-state index in [4.69, 9.17) is 27.4 Å². The standard InChI is InChI=1S/C20H32Cl2O3S/c1-2-3-4-5-6-7-8-9-10-11-12-13-16-25-26(23,24)20-17-18(21)14-15-19(20)22/h14-15,17H,2-13,16H2,1H3. The Morgan fingerprint density at radius 2 is 1.31 bits per heavy atom. The molecule has 1 aromatic carbocycles. The summed E-state index contributed by atoms with van der Waals surface area (Å²) in [5.41, 5.74) is 0. The summed E-state index contributed by atoms with van der Waals surface area (Å²) in [5, 5.41) is 0.450. The monoisotopic (exact) mass is 422 g/mol. The molecule has 1 aromatic rings. The normalized spacial score (nSPS) is 11.8. The van der Waals surface area contributed by atoms with Crippen molar-refractivity contribution in [2.75, 3.05) is 6.61 Å². The molecular formula is C20H32Cl2O3S. The van der Waals surface area contributed by atoms with E-state index in [0.29, 0.717) is 5.02 Å². The summed E-state index contributed by atoms with van der Waals surface area (Å²) in [4.78, 5) is -0.0643. The fourth-order valence-corrected chi connectivity index (χ4v) is 4.52. The Kier molecular flexibility index (Phi) is 12.6. The number of rotatable bonds is 15. The molecule has 6 heteroatoms. The van der Waals surface area contributed by atoms with Crippen molar-refractivity contribution < 1.29 is 12.6 Å². The maximum Gasteiger partial charge on any atom is 0.298 e. The van der Waals surface area contributed by atoms with Gasteiger partial charge in [0.25, 0.3) is 10.1 Å². The molecule has 0 saturated carbocycles. The van der Waals surface area contributed by atoms with Crippen molar-refractivity contribution in [1.29, 1.82) is 0 Å². The van der Waals surface area contributed by atoms with Gasteiger partial charge in [-0.05, 0) is 24.6 Å². The fourth-order valence-electron chi connectivity index (χ4n) is 2.84. The molecular weight excluding hydrogens is 391 g/mol. The van der Waals surface area contributed by atoms with Gasteiger partial charge in [-0.15, -0.1) is 0 Å². The summed E-state index contributed by atoms with van der Waals surface area (Å²) in [7, 11) is -3.84. The molecule has 0 spiro atoms. The van der Waals surface area contributed by atoms with Crippen LogP contribution in [-0.2, 0) is 14.3 Å². The van der Waals surface area contributed by atoms with Gasteiger partial charge in [-0.1, -0.05) is 101 Å². The molecule has 0 heterocycles. The van der Waals surface area contributed by atoms with Crippen molar-refractivity contribution in [2.24, 2.45) is 0 Å². The number of hydrogen-bond donors (Lipinski definition) is 0. The summed E-state index contributed by atoms with van der Waals surface area (Å²) >= 11 is 11.8. The van der Waals surface area contributed by atoms with E-state index in [1.54, 1.807) is 6.07 Å². The first kappa shape index (κ1) is 23.7. The highest BCUT2D eigenvalue weighted by Crippen LogP contribution is 2.26. The Morgan fingerprint density at radius 1 is 0.808 bits per heavy atom. The van der Waals surface area contributed by atoms with Crippen LogP contribution in [0.3, 0.4) is 0 Å². The molecule has 0 unspecified atom stereocenters. The third kappa shape index (κ3) is 10.1. The third-order valence-electron chi connectivity index (χ3n) is 4.40. The maximum absolute atomic E-state index is 12.1. The van der Waals surface area contributed by atoms with Gasteiger partial charge >= 0.3 is 0 Å². The van der Waals surface area contributed by atoms with E-state index >= 15 is 0 Å². The molecule has 150 valence electrons. The van der Waals surface area contributed by atoms with Crippen LogP contribution in [0.15, 0.2) is 23.1 Å². The van der Waals surface area contributed by atoms with Crippen molar-refractivity contribution >= 4 is 33.3 Å². The van der Waals surface area contributed by atoms with E-state index < -0.39 is 10.1 Å². The van der Waals surface area contributed by atoms with E-state index in [1.165, 1.54) is 69.9 Å². The van der Waals surface area contributed by atoms with Gasteiger partial charge < -0.3 is 0 Å². The minimum Gasteiger partial charge on any atom is -0.266 e. The average Bonchev–Trinajstić information content (AvgIpc) is 2.61. The lowest BCUT2D eigenvalue weighted by atomic mass is 10.1. The quantitative estimate of drug-likeness (QED) is 0.218. The second-order valence-corrected chi connectivity index (χ2v) is 9.17. The lowest BCUT2D eigenvalue weighted by molar-refractivity contribution is 0.306. The molecule has 0 amide bonds. The van der Waals surface area contributed by atoms with Crippen molar-refractivity contribution in [2.45, 2.75) is 88.9 Å². The smallest absolute Gasteiger partial charge is 0.266 e. The van der Waals surface area contributed by atoms with E-state index in [9.17, 15) is 8.42 Å². The van der Waals surface area contributed by atoms with Gasteiger partial charge in [0, 0.05) is 5.02 Å². The zero-order chi connectivity index (χ0) is 19.3. The molecule has 0 aliphatic carbocycles. The Morgan fingerprint density at radius 3 is 1.85 bits per heavy atom. The van der Waals surface area contributed by atoms with Gasteiger partial charge in [-0.3, -0.25) is 4.18 Å². The molecule has 3 nitrogen and oxygen atoms in total. The van der Waals surface area contributed by atoms with Gasteiger partial charge in [-0.2, -0.15) is 8.42 Å². The molecule has 0 saturated heterocycles. The summed E-state index contributed by atoms with van der Waals surface area (Å²) in [6.45, 7) is 2.43. The van der Waals surface area contributed by atoms with Crippen LogP contribution < -0.4 is 0 Å². The summed E-state index contributed by atoms with van der Waals surface area (Å²) in [6, 6.07) is 4.33. The van der Waals surface area contributed by atoms with E-state index in [1.807, 2.05) is 0 Å². The van der Waals surface area contributed by atoms with Crippen LogP contribution in [0, 0.1) is 0 Å². The van der Waals surface area contributed by atoms with Crippen LogP contribution in [0.5, 0.6) is 0 Å². The summed E-state index contributed by atoms with van der Waals surface area (Å²) in [6.07, 6.45) is 14.7. The molecule has 0 atom stereocenters. The predicted octanol–water partition coefficient (Wildman–Crippen LogP) is 7.40. The molecule has 0 aliphatic heterocycles. The third-order valence-corrected chi connectivity index (χ3v) is 6.43. The SMILES string of the molecule is CCCCCCCCCCCCCCOS(=O)(=O)c1cc(Cl)ccc1Cl. The average molecular weight is 423 g/mol. The first-order chi connectivity index (χ1) is 12.5. The highest BCUT2D eigenvalue weighted by molar-refractivity contribution is 7.86. The lowest BCUT2D eigenvalue weighted by Crippen LogP contribution is -2.08. The predicted molar refractivity (Wildman–Crippen MR) is 111 cm³/mol. The first-order valence-corrected chi connectivity index (χ1v) is 12.0. The molecule has 1 rings (SSSR count). The second kappa shape index (κ2) is 13.8. The molecule has 0 fully saturated rings. The van der Waals surface area contributed by atoms with Crippen LogP contribution in [0.25, 0.3) is 0 Å². The van der Waals surface area contributed by atoms with Crippen molar-refractivity contribution in [3.63, 3.8) is 0 Å². The van der Waals surface area contributed by atoms with Crippen LogP contribution in [-0.4, -0.2) is 15.0 Å². The van der Waals surface area contributed by atoms with Crippen LogP contribution in [0.4, 0.5) is 0 Å². The largest absolute Gasteiger partial charge is 0.298 e. The van der Waals surface area contributed by atoms with Gasteiger partial charge in [0.1, 0.15) is 4.90 Å². The number of hydrogen-bond acceptors (Lipinski definition) is 3. The molecule has 0 bridgehead atoms. The first-order valence-electron chi connectivity index (χ1n) is 9.82. The lowest BCUT2D eigenvalue weighted by Gasteiger charge is -2.08. The van der Waals surface area contributed by atoms with Gasteiger partial charge in [0.15, 0.2) is 0 Å². The van der Waals surface area contributed by atoms with Crippen molar-refractivity contribution in [1.82, 2.24) is 0 Å². The molecule has 0 aromatic heterocycles. The summed E-state index contributed by atoms with van der Waals surface area (Å²) in [5.74, 6) is 0. The van der Waals surface area contributed by atoms with Crippen molar-refractivity contribution in [3.05, 3.63) is 28.2 Å². The molecule has 26 heavy (non-hydrogen) atoms. The Bertz CT molecular complexity index is 603. The van der Waals surface area contributed by atoms with Crippen LogP contribution in [0.1, 0.15) is 84.0 Å². The van der Waals surface area contributed by atoms with Crippen LogP contribution >= 0.6 is 23.2 Å². The molecule has 0 aliphatic rings. The zero-order valence-electron chi connectivity index (χ0n) is 15.8. The number of halogens is 2. The van der Waals surface area contributed by atoms with E-state index in [0.717, 1.165) is 19.3 Å². The number of unbranched alkanes of at least 4 members (excludes halogenated alkanes) is 11. The van der Waals surface area contributed by atoms with E-state index in [-0.39, 0.29) is 16.5 Å². The Labute approximate surface area is 169 Å². The van der Waals surface area contributed by atoms with E-state index in [2.05, 4.69) is 6.92 Å². The maximum atomic E-state index is 12.1. The number of benzene rings is 1. The Hall–Kier alpha value is -0.290. The minimum atomic E-state index is -3.84. The fraction of sp³-hybridized carbons (Fsp3) is 0.700. The minimum absolute atomic E-state index is 0.0643. The zero-order valence-corrected chi connectivity index (χ0v) is 18.1. The van der Waals surface area contributed by atoms with Gasteiger partial charge in [0.2, 0.25) is 0 Å². The highest BCUT2D eigenvalue weighted by Gasteiger charge is 2.19. The molecule has 0 radical (unpaired) electrons.